The van der Waals surface area contributed by atoms with Gasteiger partial charge in [0.1, 0.15) is 0 Å². The standard InChI is InChI=1S/C14H19N/c1-10(2)11-4-6-12(7-5-11)13-8-14(9-13)15-3/h4-8,10,14-15H,9H2,1-3H3. The van der Waals surface area contributed by atoms with Crippen molar-refractivity contribution in [3.63, 3.8) is 0 Å². The van der Waals surface area contributed by atoms with E-state index in [1.807, 2.05) is 7.05 Å². The van der Waals surface area contributed by atoms with E-state index in [1.165, 1.54) is 16.7 Å². The number of nitrogens with one attached hydrogen (secondary N) is 1. The van der Waals surface area contributed by atoms with Crippen molar-refractivity contribution in [2.45, 2.75) is 32.2 Å². The third-order valence-electron chi connectivity index (χ3n) is 3.16. The molecule has 2 rings (SSSR count). The summed E-state index contributed by atoms with van der Waals surface area (Å²) in [4.78, 5) is 0. The zero-order valence-corrected chi connectivity index (χ0v) is 9.75. The molecule has 0 aliphatic heterocycles. The molecule has 0 saturated carbocycles. The van der Waals surface area contributed by atoms with Crippen molar-refractivity contribution in [1.29, 1.82) is 0 Å². The molecule has 0 aromatic heterocycles. The van der Waals surface area contributed by atoms with Gasteiger partial charge >= 0.3 is 0 Å². The van der Waals surface area contributed by atoms with E-state index in [0.29, 0.717) is 12.0 Å². The Kier molecular flexibility index (Phi) is 2.92. The van der Waals surface area contributed by atoms with Crippen LogP contribution in [0.15, 0.2) is 30.3 Å². The zero-order valence-electron chi connectivity index (χ0n) is 9.75. The second-order valence-electron chi connectivity index (χ2n) is 4.57. The molecule has 1 aliphatic rings. The fourth-order valence-corrected chi connectivity index (χ4v) is 1.93. The maximum absolute atomic E-state index is 3.25. The Morgan fingerprint density at radius 3 is 2.27 bits per heavy atom. The number of hydrogen-bond acceptors (Lipinski definition) is 1. The lowest BCUT2D eigenvalue weighted by Crippen LogP contribution is -2.29. The predicted molar refractivity (Wildman–Crippen MR) is 66.0 cm³/mol. The molecule has 0 fully saturated rings. The molecule has 1 nitrogen and oxygen atoms in total. The lowest BCUT2D eigenvalue weighted by Gasteiger charge is -2.25. The van der Waals surface area contributed by atoms with Crippen molar-refractivity contribution in [3.05, 3.63) is 41.5 Å². The van der Waals surface area contributed by atoms with Crippen LogP contribution in [0.4, 0.5) is 0 Å². The van der Waals surface area contributed by atoms with Crippen LogP contribution in [0.3, 0.4) is 0 Å². The molecule has 0 heterocycles. The third kappa shape index (κ3) is 2.13. The highest BCUT2D eigenvalue weighted by molar-refractivity contribution is 5.72. The molecular weight excluding hydrogens is 182 g/mol. The first-order chi connectivity index (χ1) is 7.20. The summed E-state index contributed by atoms with van der Waals surface area (Å²) in [5, 5.41) is 3.25. The molecule has 0 bridgehead atoms. The number of rotatable bonds is 3. The summed E-state index contributed by atoms with van der Waals surface area (Å²) in [7, 11) is 2.01. The smallest absolute Gasteiger partial charge is 0.0293 e. The van der Waals surface area contributed by atoms with Gasteiger partial charge in [-0.2, -0.15) is 0 Å². The molecule has 1 aromatic carbocycles. The quantitative estimate of drug-likeness (QED) is 0.792. The van der Waals surface area contributed by atoms with Gasteiger partial charge in [0.2, 0.25) is 0 Å². The van der Waals surface area contributed by atoms with Crippen LogP contribution in [0.1, 0.15) is 37.3 Å². The van der Waals surface area contributed by atoms with E-state index >= 15 is 0 Å². The molecule has 0 radical (unpaired) electrons. The van der Waals surface area contributed by atoms with Crippen molar-refractivity contribution in [3.8, 4) is 0 Å². The summed E-state index contributed by atoms with van der Waals surface area (Å²) in [6.45, 7) is 4.46. The minimum atomic E-state index is 0.588. The van der Waals surface area contributed by atoms with Crippen LogP contribution < -0.4 is 5.32 Å². The molecule has 0 saturated heterocycles. The van der Waals surface area contributed by atoms with Gasteiger partial charge in [-0.15, -0.1) is 0 Å². The van der Waals surface area contributed by atoms with Crippen LogP contribution >= 0.6 is 0 Å². The molecule has 15 heavy (non-hydrogen) atoms. The lowest BCUT2D eigenvalue weighted by atomic mass is 9.87. The Morgan fingerprint density at radius 1 is 1.20 bits per heavy atom. The Hall–Kier alpha value is -1.08. The van der Waals surface area contributed by atoms with E-state index in [-0.39, 0.29) is 0 Å². The van der Waals surface area contributed by atoms with Crippen LogP contribution in [0.2, 0.25) is 0 Å². The van der Waals surface area contributed by atoms with E-state index in [4.69, 9.17) is 0 Å². The SMILES string of the molecule is CNC1C=C(c2ccc(C(C)C)cc2)C1. The van der Waals surface area contributed by atoms with Gasteiger partial charge in [0.05, 0.1) is 0 Å². The Morgan fingerprint density at radius 2 is 1.80 bits per heavy atom. The van der Waals surface area contributed by atoms with Crippen LogP contribution in [0.25, 0.3) is 5.57 Å². The van der Waals surface area contributed by atoms with Gasteiger partial charge in [0.15, 0.2) is 0 Å². The lowest BCUT2D eigenvalue weighted by molar-refractivity contribution is 0.648. The van der Waals surface area contributed by atoms with Crippen LogP contribution in [0, 0.1) is 0 Å². The molecule has 1 unspecified atom stereocenters. The zero-order chi connectivity index (χ0) is 10.8. The number of likely N-dealkylation sites (N-methyl/N-ethyl adjacent to an activating group) is 1. The normalized spacial score (nSPS) is 20.0. The Balaban J connectivity index is 2.12. The summed E-state index contributed by atoms with van der Waals surface area (Å²) in [5.74, 6) is 0.625. The van der Waals surface area contributed by atoms with E-state index < -0.39 is 0 Å². The van der Waals surface area contributed by atoms with Gasteiger partial charge in [0.25, 0.3) is 0 Å². The topological polar surface area (TPSA) is 12.0 Å². The van der Waals surface area contributed by atoms with Crippen molar-refractivity contribution in [2.75, 3.05) is 7.05 Å². The van der Waals surface area contributed by atoms with Gasteiger partial charge in [-0.3, -0.25) is 0 Å². The number of hydrogen-bond donors (Lipinski definition) is 1. The summed E-state index contributed by atoms with van der Waals surface area (Å²) >= 11 is 0. The first kappa shape index (κ1) is 10.4. The molecule has 1 heteroatoms. The molecular formula is C14H19N. The first-order valence-electron chi connectivity index (χ1n) is 5.69. The molecule has 80 valence electrons. The summed E-state index contributed by atoms with van der Waals surface area (Å²) in [6.07, 6.45) is 3.47. The minimum Gasteiger partial charge on any atom is -0.313 e. The van der Waals surface area contributed by atoms with Crippen LogP contribution in [-0.4, -0.2) is 13.1 Å². The average Bonchev–Trinajstić information content (AvgIpc) is 2.17. The molecule has 1 aromatic rings. The summed E-state index contributed by atoms with van der Waals surface area (Å²) in [5.41, 5.74) is 4.28. The van der Waals surface area contributed by atoms with E-state index in [0.717, 1.165) is 6.42 Å². The highest BCUT2D eigenvalue weighted by Crippen LogP contribution is 2.29. The second-order valence-corrected chi connectivity index (χ2v) is 4.57. The summed E-state index contributed by atoms with van der Waals surface area (Å²) < 4.78 is 0. The predicted octanol–water partition coefficient (Wildman–Crippen LogP) is 3.19. The fraction of sp³-hybridized carbons (Fsp3) is 0.429. The number of benzene rings is 1. The Labute approximate surface area is 92.2 Å². The third-order valence-corrected chi connectivity index (χ3v) is 3.16. The van der Waals surface area contributed by atoms with Crippen molar-refractivity contribution in [1.82, 2.24) is 5.32 Å². The minimum absolute atomic E-state index is 0.588. The highest BCUT2D eigenvalue weighted by atomic mass is 14.9. The first-order valence-corrected chi connectivity index (χ1v) is 5.69. The molecule has 1 N–H and O–H groups in total. The van der Waals surface area contributed by atoms with Gasteiger partial charge in [0, 0.05) is 6.04 Å². The second kappa shape index (κ2) is 4.19. The van der Waals surface area contributed by atoms with E-state index in [1.54, 1.807) is 0 Å². The summed E-state index contributed by atoms with van der Waals surface area (Å²) in [6, 6.07) is 9.56. The molecule has 1 atom stereocenters. The van der Waals surface area contributed by atoms with Gasteiger partial charge in [-0.25, -0.2) is 0 Å². The maximum Gasteiger partial charge on any atom is 0.0293 e. The van der Waals surface area contributed by atoms with Crippen LogP contribution in [-0.2, 0) is 0 Å². The monoisotopic (exact) mass is 201 g/mol. The molecule has 0 amide bonds. The van der Waals surface area contributed by atoms with Gasteiger partial charge in [-0.1, -0.05) is 44.2 Å². The Bertz CT molecular complexity index is 359. The fourth-order valence-electron chi connectivity index (χ4n) is 1.93. The van der Waals surface area contributed by atoms with Crippen molar-refractivity contribution >= 4 is 5.57 Å². The molecule has 0 spiro atoms. The largest absolute Gasteiger partial charge is 0.313 e. The molecule has 1 aliphatic carbocycles. The van der Waals surface area contributed by atoms with Crippen molar-refractivity contribution < 1.29 is 0 Å². The van der Waals surface area contributed by atoms with E-state index in [9.17, 15) is 0 Å². The highest BCUT2D eigenvalue weighted by Gasteiger charge is 2.17. The van der Waals surface area contributed by atoms with Gasteiger partial charge < -0.3 is 5.32 Å². The van der Waals surface area contributed by atoms with E-state index in [2.05, 4.69) is 49.5 Å². The van der Waals surface area contributed by atoms with Gasteiger partial charge in [-0.05, 0) is 36.1 Å². The average molecular weight is 201 g/mol. The van der Waals surface area contributed by atoms with Crippen molar-refractivity contribution in [2.24, 2.45) is 0 Å². The van der Waals surface area contributed by atoms with Crippen LogP contribution in [0.5, 0.6) is 0 Å². The maximum atomic E-state index is 3.25.